The Morgan fingerprint density at radius 3 is 1.91 bits per heavy atom. The summed E-state index contributed by atoms with van der Waals surface area (Å²) in [6.45, 7) is 0. The Balaban J connectivity index is 1.26. The van der Waals surface area contributed by atoms with Crippen LogP contribution in [0.3, 0.4) is 0 Å². The summed E-state index contributed by atoms with van der Waals surface area (Å²) in [5.41, 5.74) is 9.22. The number of fused-ring (bicyclic) bond motifs is 4. The number of aliphatic imine (C=N–C) groups is 2. The molecule has 4 nitrogen and oxygen atoms in total. The molecule has 1 atom stereocenters. The summed E-state index contributed by atoms with van der Waals surface area (Å²) >= 11 is 0. The molecule has 1 N–H and O–H groups in total. The van der Waals surface area contributed by atoms with Gasteiger partial charge in [-0.2, -0.15) is 0 Å². The standard InChI is InChI=1S/C43H29N3O/c1-3-11-28(12-4-1)30-19-22-32(23-20-30)41-44-42(34-24-21-29-13-7-8-16-33(29)27-34)46-43(45-41)40-35(31-14-5-2-6-15-31)25-26-38-39(40)36-17-9-10-18-37(36)47-38/h1-27,41H,(H,44,45,46). The third-order valence-electron chi connectivity index (χ3n) is 8.94. The van der Waals surface area contributed by atoms with Crippen molar-refractivity contribution in [3.8, 4) is 22.3 Å². The van der Waals surface area contributed by atoms with Gasteiger partial charge in [0.1, 0.15) is 22.8 Å². The van der Waals surface area contributed by atoms with Crippen molar-refractivity contribution in [2.45, 2.75) is 6.17 Å². The summed E-state index contributed by atoms with van der Waals surface area (Å²) in [5, 5.41) is 8.14. The topological polar surface area (TPSA) is 49.9 Å². The van der Waals surface area contributed by atoms with E-state index in [4.69, 9.17) is 14.4 Å². The summed E-state index contributed by atoms with van der Waals surface area (Å²) < 4.78 is 6.39. The third-order valence-corrected chi connectivity index (χ3v) is 8.94. The lowest BCUT2D eigenvalue weighted by molar-refractivity contribution is 0.669. The van der Waals surface area contributed by atoms with Crippen LogP contribution >= 0.6 is 0 Å². The highest BCUT2D eigenvalue weighted by Crippen LogP contribution is 2.38. The van der Waals surface area contributed by atoms with Gasteiger partial charge in [-0.3, -0.25) is 0 Å². The van der Waals surface area contributed by atoms with Crippen molar-refractivity contribution in [3.63, 3.8) is 0 Å². The van der Waals surface area contributed by atoms with E-state index in [0.29, 0.717) is 0 Å². The third kappa shape index (κ3) is 4.88. The van der Waals surface area contributed by atoms with E-state index in [1.165, 1.54) is 10.9 Å². The minimum absolute atomic E-state index is 0.449. The van der Waals surface area contributed by atoms with Gasteiger partial charge in [0, 0.05) is 21.9 Å². The minimum Gasteiger partial charge on any atom is -0.456 e. The molecule has 0 radical (unpaired) electrons. The van der Waals surface area contributed by atoms with Gasteiger partial charge >= 0.3 is 0 Å². The molecule has 47 heavy (non-hydrogen) atoms. The minimum atomic E-state index is -0.449. The molecule has 0 saturated carbocycles. The second-order valence-electron chi connectivity index (χ2n) is 11.8. The summed E-state index contributed by atoms with van der Waals surface area (Å²) in [7, 11) is 0. The Labute approximate surface area is 272 Å². The largest absolute Gasteiger partial charge is 0.456 e. The van der Waals surface area contributed by atoms with Crippen LogP contribution in [0.4, 0.5) is 0 Å². The summed E-state index contributed by atoms with van der Waals surface area (Å²) in [4.78, 5) is 10.6. The molecule has 222 valence electrons. The van der Waals surface area contributed by atoms with E-state index in [0.717, 1.165) is 72.4 Å². The molecule has 1 aliphatic heterocycles. The fraction of sp³-hybridized carbons (Fsp3) is 0.0233. The number of furan rings is 1. The van der Waals surface area contributed by atoms with Crippen molar-refractivity contribution in [2.24, 2.45) is 9.98 Å². The van der Waals surface area contributed by atoms with Crippen LogP contribution in [0.5, 0.6) is 0 Å². The quantitative estimate of drug-likeness (QED) is 0.213. The summed E-state index contributed by atoms with van der Waals surface area (Å²) in [5.74, 6) is 1.54. The molecule has 0 bridgehead atoms. The molecule has 0 amide bonds. The van der Waals surface area contributed by atoms with Gasteiger partial charge in [0.25, 0.3) is 0 Å². The van der Waals surface area contributed by atoms with Crippen molar-refractivity contribution >= 4 is 44.4 Å². The fourth-order valence-corrected chi connectivity index (χ4v) is 6.61. The number of para-hydroxylation sites is 1. The number of amidine groups is 2. The van der Waals surface area contributed by atoms with Crippen LogP contribution in [0, 0.1) is 0 Å². The molecule has 0 aliphatic carbocycles. The highest BCUT2D eigenvalue weighted by Gasteiger charge is 2.26. The normalized spacial score (nSPS) is 14.6. The first-order valence-electron chi connectivity index (χ1n) is 15.9. The molecule has 1 aliphatic rings. The number of hydrogen-bond acceptors (Lipinski definition) is 4. The van der Waals surface area contributed by atoms with Crippen LogP contribution in [0.15, 0.2) is 178 Å². The van der Waals surface area contributed by atoms with Gasteiger partial charge in [-0.1, -0.05) is 140 Å². The smallest absolute Gasteiger partial charge is 0.169 e. The molecule has 0 spiro atoms. The van der Waals surface area contributed by atoms with E-state index in [1.807, 2.05) is 24.3 Å². The molecule has 1 aromatic heterocycles. The molecule has 2 heterocycles. The molecule has 0 fully saturated rings. The lowest BCUT2D eigenvalue weighted by Gasteiger charge is -2.24. The maximum atomic E-state index is 6.39. The molecule has 0 saturated heterocycles. The first-order chi connectivity index (χ1) is 23.3. The molecule has 1 unspecified atom stereocenters. The second-order valence-corrected chi connectivity index (χ2v) is 11.8. The van der Waals surface area contributed by atoms with Crippen LogP contribution in [0.25, 0.3) is 55.0 Å². The predicted molar refractivity (Wildman–Crippen MR) is 194 cm³/mol. The zero-order chi connectivity index (χ0) is 31.2. The van der Waals surface area contributed by atoms with Gasteiger partial charge in [-0.05, 0) is 62.9 Å². The summed E-state index contributed by atoms with van der Waals surface area (Å²) in [6.07, 6.45) is -0.449. The van der Waals surface area contributed by atoms with Crippen LogP contribution in [-0.4, -0.2) is 11.7 Å². The predicted octanol–water partition coefficient (Wildman–Crippen LogP) is 10.6. The number of nitrogens with one attached hydrogen (secondary N) is 1. The van der Waals surface area contributed by atoms with Gasteiger partial charge in [0.15, 0.2) is 6.17 Å². The Morgan fingerprint density at radius 2 is 1.11 bits per heavy atom. The lowest BCUT2D eigenvalue weighted by atomic mass is 9.93. The van der Waals surface area contributed by atoms with Gasteiger partial charge in [0.2, 0.25) is 0 Å². The zero-order valence-corrected chi connectivity index (χ0v) is 25.5. The van der Waals surface area contributed by atoms with Crippen molar-refractivity contribution in [3.05, 3.63) is 180 Å². The van der Waals surface area contributed by atoms with Gasteiger partial charge < -0.3 is 9.73 Å². The van der Waals surface area contributed by atoms with Crippen molar-refractivity contribution < 1.29 is 4.42 Å². The second kappa shape index (κ2) is 11.3. The van der Waals surface area contributed by atoms with E-state index in [2.05, 4.69) is 145 Å². The van der Waals surface area contributed by atoms with E-state index in [-0.39, 0.29) is 0 Å². The Bertz CT molecular complexity index is 2480. The van der Waals surface area contributed by atoms with Crippen LogP contribution < -0.4 is 5.32 Å². The van der Waals surface area contributed by atoms with Gasteiger partial charge in [-0.15, -0.1) is 0 Å². The maximum Gasteiger partial charge on any atom is 0.169 e. The fourth-order valence-electron chi connectivity index (χ4n) is 6.61. The maximum absolute atomic E-state index is 6.39. The Kier molecular flexibility index (Phi) is 6.50. The Morgan fingerprint density at radius 1 is 0.468 bits per heavy atom. The first-order valence-corrected chi connectivity index (χ1v) is 15.9. The van der Waals surface area contributed by atoms with Crippen LogP contribution in [0.2, 0.25) is 0 Å². The van der Waals surface area contributed by atoms with E-state index >= 15 is 0 Å². The van der Waals surface area contributed by atoms with Crippen LogP contribution in [-0.2, 0) is 0 Å². The van der Waals surface area contributed by atoms with Crippen molar-refractivity contribution in [1.29, 1.82) is 0 Å². The molecular weight excluding hydrogens is 574 g/mol. The Hall–Kier alpha value is -6.26. The van der Waals surface area contributed by atoms with Gasteiger partial charge in [0.05, 0.1) is 0 Å². The van der Waals surface area contributed by atoms with Gasteiger partial charge in [-0.25, -0.2) is 9.98 Å². The highest BCUT2D eigenvalue weighted by molar-refractivity contribution is 6.26. The van der Waals surface area contributed by atoms with E-state index in [9.17, 15) is 0 Å². The number of nitrogens with zero attached hydrogens (tertiary/aromatic N) is 2. The van der Waals surface area contributed by atoms with Crippen molar-refractivity contribution in [2.75, 3.05) is 0 Å². The number of hydrogen-bond donors (Lipinski definition) is 1. The average molecular weight is 604 g/mol. The molecule has 7 aromatic carbocycles. The first kappa shape index (κ1) is 27.1. The number of rotatable bonds is 5. The molecular formula is C43H29N3O. The molecule has 8 aromatic rings. The number of benzene rings is 7. The monoisotopic (exact) mass is 603 g/mol. The molecule has 4 heteroatoms. The van der Waals surface area contributed by atoms with Crippen molar-refractivity contribution in [1.82, 2.24) is 5.32 Å². The molecule has 9 rings (SSSR count). The highest BCUT2D eigenvalue weighted by atomic mass is 16.3. The summed E-state index contributed by atoms with van der Waals surface area (Å²) in [6, 6.07) is 56.9. The van der Waals surface area contributed by atoms with E-state index < -0.39 is 6.17 Å². The zero-order valence-electron chi connectivity index (χ0n) is 25.5. The average Bonchev–Trinajstić information content (AvgIpc) is 3.54. The lowest BCUT2D eigenvalue weighted by Crippen LogP contribution is -2.36. The van der Waals surface area contributed by atoms with Crippen LogP contribution in [0.1, 0.15) is 22.9 Å². The SMILES string of the molecule is c1ccc(-c2ccc(C3N=C(c4ccc5ccccc5c4)NC(c4c(-c5ccccc5)ccc5oc6ccccc6c45)=N3)cc2)cc1. The van der Waals surface area contributed by atoms with E-state index in [1.54, 1.807) is 0 Å².